The Kier molecular flexibility index (Phi) is 4.08. The summed E-state index contributed by atoms with van der Waals surface area (Å²) in [6.07, 6.45) is 1.58. The van der Waals surface area contributed by atoms with Crippen LogP contribution in [0.25, 0.3) is 22.7 Å². The molecule has 22 heavy (non-hydrogen) atoms. The molecule has 108 valence electrons. The Morgan fingerprint density at radius 1 is 1.09 bits per heavy atom. The van der Waals surface area contributed by atoms with Crippen molar-refractivity contribution in [2.24, 2.45) is 0 Å². The lowest BCUT2D eigenvalue weighted by atomic mass is 10.1. The number of nitrogens with one attached hydrogen (secondary N) is 1. The predicted molar refractivity (Wildman–Crippen MR) is 91.0 cm³/mol. The van der Waals surface area contributed by atoms with Crippen LogP contribution in [-0.2, 0) is 0 Å². The van der Waals surface area contributed by atoms with Crippen LogP contribution in [0.5, 0.6) is 0 Å². The lowest BCUT2D eigenvalue weighted by Crippen LogP contribution is -1.87. The Balaban J connectivity index is 2.16. The normalized spacial score (nSPS) is 11.6. The number of aromatic nitrogens is 2. The zero-order chi connectivity index (χ0) is 15.7. The van der Waals surface area contributed by atoms with Gasteiger partial charge in [0.05, 0.1) is 26.7 Å². The number of nitriles is 1. The van der Waals surface area contributed by atoms with Crippen LogP contribution in [0.4, 0.5) is 0 Å². The van der Waals surface area contributed by atoms with Crippen molar-refractivity contribution >= 4 is 57.5 Å². The number of nitrogens with zero attached hydrogens (tertiary/aromatic N) is 2. The van der Waals surface area contributed by atoms with Crippen LogP contribution < -0.4 is 0 Å². The van der Waals surface area contributed by atoms with E-state index >= 15 is 0 Å². The van der Waals surface area contributed by atoms with Crippen LogP contribution in [0.1, 0.15) is 11.4 Å². The number of hydrogen-bond acceptors (Lipinski definition) is 2. The van der Waals surface area contributed by atoms with Gasteiger partial charge in [0.2, 0.25) is 0 Å². The molecule has 6 heteroatoms. The molecule has 0 atom stereocenters. The zero-order valence-electron chi connectivity index (χ0n) is 11.1. The van der Waals surface area contributed by atoms with E-state index in [1.807, 2.05) is 24.3 Å². The fourth-order valence-corrected chi connectivity index (χ4v) is 2.70. The summed E-state index contributed by atoms with van der Waals surface area (Å²) in [5, 5.41) is 10.5. The maximum Gasteiger partial charge on any atom is 0.149 e. The number of aromatic amines is 1. The first-order chi connectivity index (χ1) is 10.6. The average Bonchev–Trinajstić information content (AvgIpc) is 2.95. The first-order valence-electron chi connectivity index (χ1n) is 6.30. The molecule has 0 amide bonds. The van der Waals surface area contributed by atoms with Crippen LogP contribution in [0, 0.1) is 11.3 Å². The van der Waals surface area contributed by atoms with Crippen LogP contribution in [0.3, 0.4) is 0 Å². The highest BCUT2D eigenvalue weighted by atomic mass is 35.5. The monoisotopic (exact) mass is 347 g/mol. The van der Waals surface area contributed by atoms with Crippen molar-refractivity contribution in [1.29, 1.82) is 5.26 Å². The number of rotatable bonds is 2. The molecule has 1 N–H and O–H groups in total. The Hall–Kier alpha value is -1.99. The van der Waals surface area contributed by atoms with Gasteiger partial charge in [-0.3, -0.25) is 0 Å². The standard InChI is InChI=1S/C16H8Cl3N3/c17-11-5-6-12(18)15(19)10(11)7-9(8-20)16-21-13-3-1-2-4-14(13)22-16/h1-7H,(H,21,22)/b9-7-. The Morgan fingerprint density at radius 3 is 2.55 bits per heavy atom. The summed E-state index contributed by atoms with van der Waals surface area (Å²) in [6, 6.07) is 12.9. The van der Waals surface area contributed by atoms with E-state index in [9.17, 15) is 5.26 Å². The summed E-state index contributed by atoms with van der Waals surface area (Å²) in [5.41, 5.74) is 2.44. The van der Waals surface area contributed by atoms with Crippen molar-refractivity contribution in [3.63, 3.8) is 0 Å². The summed E-state index contributed by atoms with van der Waals surface area (Å²) in [7, 11) is 0. The van der Waals surface area contributed by atoms with Gasteiger partial charge < -0.3 is 4.98 Å². The largest absolute Gasteiger partial charge is 0.337 e. The van der Waals surface area contributed by atoms with E-state index in [2.05, 4.69) is 16.0 Å². The molecule has 3 rings (SSSR count). The molecule has 1 aromatic heterocycles. The van der Waals surface area contributed by atoms with Gasteiger partial charge in [0.25, 0.3) is 0 Å². The molecule has 1 heterocycles. The van der Waals surface area contributed by atoms with E-state index < -0.39 is 0 Å². The van der Waals surface area contributed by atoms with Gasteiger partial charge in [0.15, 0.2) is 0 Å². The van der Waals surface area contributed by atoms with E-state index in [4.69, 9.17) is 34.8 Å². The van der Waals surface area contributed by atoms with Crippen LogP contribution >= 0.6 is 34.8 Å². The minimum Gasteiger partial charge on any atom is -0.337 e. The highest BCUT2D eigenvalue weighted by Gasteiger charge is 2.12. The molecule has 0 bridgehead atoms. The van der Waals surface area contributed by atoms with E-state index in [0.29, 0.717) is 32.0 Å². The van der Waals surface area contributed by atoms with Gasteiger partial charge >= 0.3 is 0 Å². The van der Waals surface area contributed by atoms with Crippen molar-refractivity contribution in [1.82, 2.24) is 9.97 Å². The minimum atomic E-state index is 0.304. The fourth-order valence-electron chi connectivity index (χ4n) is 2.05. The zero-order valence-corrected chi connectivity index (χ0v) is 13.3. The first-order valence-corrected chi connectivity index (χ1v) is 7.44. The number of fused-ring (bicyclic) bond motifs is 1. The number of allylic oxidation sites excluding steroid dienone is 1. The van der Waals surface area contributed by atoms with Crippen molar-refractivity contribution in [2.75, 3.05) is 0 Å². The van der Waals surface area contributed by atoms with Gasteiger partial charge in [-0.2, -0.15) is 5.26 Å². The molecule has 3 aromatic rings. The second kappa shape index (κ2) is 6.02. The third-order valence-electron chi connectivity index (χ3n) is 3.13. The smallest absolute Gasteiger partial charge is 0.149 e. The summed E-state index contributed by atoms with van der Waals surface area (Å²) in [4.78, 5) is 7.50. The molecule has 3 nitrogen and oxygen atoms in total. The van der Waals surface area contributed by atoms with Crippen LogP contribution in [0.2, 0.25) is 15.1 Å². The van der Waals surface area contributed by atoms with Crippen LogP contribution in [0.15, 0.2) is 36.4 Å². The maximum absolute atomic E-state index is 9.42. The lowest BCUT2D eigenvalue weighted by molar-refractivity contribution is 1.27. The highest BCUT2D eigenvalue weighted by Crippen LogP contribution is 2.34. The number of para-hydroxylation sites is 2. The SMILES string of the molecule is N#C/C(=C/c1c(Cl)ccc(Cl)c1Cl)c1nc2ccccc2[nH]1. The molecule has 0 saturated carbocycles. The Labute approximate surface area is 141 Å². The number of benzene rings is 2. The Bertz CT molecular complexity index is 902. The fraction of sp³-hybridized carbons (Fsp3) is 0. The topological polar surface area (TPSA) is 52.5 Å². The van der Waals surface area contributed by atoms with E-state index in [1.54, 1.807) is 18.2 Å². The molecule has 0 aliphatic carbocycles. The highest BCUT2D eigenvalue weighted by molar-refractivity contribution is 6.44. The summed E-state index contributed by atoms with van der Waals surface area (Å²) < 4.78 is 0. The summed E-state index contributed by atoms with van der Waals surface area (Å²) in [6.45, 7) is 0. The third-order valence-corrected chi connectivity index (χ3v) is 4.28. The van der Waals surface area contributed by atoms with E-state index in [-0.39, 0.29) is 0 Å². The quantitative estimate of drug-likeness (QED) is 0.485. The Morgan fingerprint density at radius 2 is 1.82 bits per heavy atom. The summed E-state index contributed by atoms with van der Waals surface area (Å²) in [5.74, 6) is 0.454. The van der Waals surface area contributed by atoms with E-state index in [0.717, 1.165) is 11.0 Å². The maximum atomic E-state index is 9.42. The van der Waals surface area contributed by atoms with Gasteiger partial charge in [-0.25, -0.2) is 4.98 Å². The predicted octanol–water partition coefficient (Wildman–Crippen LogP) is 5.59. The van der Waals surface area contributed by atoms with Crippen LogP contribution in [-0.4, -0.2) is 9.97 Å². The summed E-state index contributed by atoms with van der Waals surface area (Å²) >= 11 is 18.3. The minimum absolute atomic E-state index is 0.304. The third kappa shape index (κ3) is 2.69. The van der Waals surface area contributed by atoms with Gasteiger partial charge in [0.1, 0.15) is 11.9 Å². The number of H-pyrrole nitrogens is 1. The second-order valence-corrected chi connectivity index (χ2v) is 5.72. The molecule has 0 radical (unpaired) electrons. The molecule has 0 unspecified atom stereocenters. The van der Waals surface area contributed by atoms with Gasteiger partial charge in [-0.1, -0.05) is 46.9 Å². The van der Waals surface area contributed by atoms with E-state index in [1.165, 1.54) is 0 Å². The molecule has 0 aliphatic heterocycles. The van der Waals surface area contributed by atoms with Gasteiger partial charge in [-0.15, -0.1) is 0 Å². The van der Waals surface area contributed by atoms with Gasteiger partial charge in [0, 0.05) is 10.6 Å². The number of halogens is 3. The number of hydrogen-bond donors (Lipinski definition) is 1. The van der Waals surface area contributed by atoms with Crippen molar-refractivity contribution in [2.45, 2.75) is 0 Å². The lowest BCUT2D eigenvalue weighted by Gasteiger charge is -2.04. The molecule has 0 saturated heterocycles. The molecule has 2 aromatic carbocycles. The number of imidazole rings is 1. The van der Waals surface area contributed by atoms with Crippen molar-refractivity contribution in [3.8, 4) is 6.07 Å². The molecule has 0 spiro atoms. The molecule has 0 aliphatic rings. The average molecular weight is 349 g/mol. The van der Waals surface area contributed by atoms with Crippen molar-refractivity contribution in [3.05, 3.63) is 62.9 Å². The molecule has 0 fully saturated rings. The molecular weight excluding hydrogens is 341 g/mol. The molecular formula is C16H8Cl3N3. The van der Waals surface area contributed by atoms with Crippen molar-refractivity contribution < 1.29 is 0 Å². The second-order valence-electron chi connectivity index (χ2n) is 4.53. The first kappa shape index (κ1) is 14.9. The van der Waals surface area contributed by atoms with Gasteiger partial charge in [-0.05, 0) is 30.3 Å².